The van der Waals surface area contributed by atoms with Gasteiger partial charge in [-0.15, -0.1) is 0 Å². The Labute approximate surface area is 472 Å². The molecule has 0 unspecified atom stereocenters. The molecule has 3 heteroatoms. The highest BCUT2D eigenvalue weighted by Crippen LogP contribution is 2.43. The third-order valence-electron chi connectivity index (χ3n) is 17.0. The molecule has 12 rings (SSSR count). The molecular weight excluding hydrogens is 955 g/mol. The third-order valence-corrected chi connectivity index (χ3v) is 17.0. The Bertz CT molecular complexity index is 3010. The van der Waals surface area contributed by atoms with Gasteiger partial charge in [0.25, 0.3) is 0 Å². The van der Waals surface area contributed by atoms with Crippen molar-refractivity contribution in [3.63, 3.8) is 0 Å². The number of benzene rings is 8. The van der Waals surface area contributed by atoms with Gasteiger partial charge in [0.15, 0.2) is 0 Å². The summed E-state index contributed by atoms with van der Waals surface area (Å²) in [7, 11) is 0. The average molecular weight is 1030 g/mol. The van der Waals surface area contributed by atoms with E-state index in [2.05, 4.69) is 239 Å². The van der Waals surface area contributed by atoms with Gasteiger partial charge in [-0.2, -0.15) is 0 Å². The monoisotopic (exact) mass is 1030 g/mol. The molecule has 0 saturated heterocycles. The number of nitrogens with zero attached hydrogens (tertiary/aromatic N) is 3. The molecule has 3 nitrogen and oxygen atoms in total. The van der Waals surface area contributed by atoms with Gasteiger partial charge in [-0.25, -0.2) is 0 Å². The molecule has 0 heterocycles. The molecule has 0 aliphatic heterocycles. The third kappa shape index (κ3) is 13.0. The molecule has 0 atom stereocenters. The van der Waals surface area contributed by atoms with Crippen LogP contribution < -0.4 is 14.7 Å². The minimum Gasteiger partial charge on any atom is -0.311 e. The Morgan fingerprint density at radius 2 is 0.380 bits per heavy atom. The first-order valence-electron chi connectivity index (χ1n) is 30.1. The van der Waals surface area contributed by atoms with Gasteiger partial charge < -0.3 is 14.7 Å². The number of rotatable bonds is 14. The van der Waals surface area contributed by atoms with Gasteiger partial charge in [-0.05, 0) is 245 Å². The van der Waals surface area contributed by atoms with Crippen molar-refractivity contribution in [1.82, 2.24) is 0 Å². The molecular formula is C76H77N3. The van der Waals surface area contributed by atoms with Crippen molar-refractivity contribution in [1.29, 1.82) is 0 Å². The van der Waals surface area contributed by atoms with E-state index in [1.165, 1.54) is 162 Å². The van der Waals surface area contributed by atoms with Gasteiger partial charge in [0.2, 0.25) is 0 Å². The Morgan fingerprint density at radius 3 is 0.608 bits per heavy atom. The first-order chi connectivity index (χ1) is 39.1. The number of anilines is 9. The number of hydrogen-bond donors (Lipinski definition) is 0. The minimum absolute atomic E-state index is 1.09. The van der Waals surface area contributed by atoms with Gasteiger partial charge in [-0.1, -0.05) is 163 Å². The first-order valence-corrected chi connectivity index (χ1v) is 30.1. The van der Waals surface area contributed by atoms with Crippen LogP contribution in [0.4, 0.5) is 51.2 Å². The maximum atomic E-state index is 2.43. The van der Waals surface area contributed by atoms with Crippen molar-refractivity contribution in [2.24, 2.45) is 0 Å². The molecule has 0 spiro atoms. The summed E-state index contributed by atoms with van der Waals surface area (Å²) in [5.41, 5.74) is 24.0. The molecule has 4 aliphatic rings. The molecule has 0 bridgehead atoms. The second-order valence-electron chi connectivity index (χ2n) is 22.8. The van der Waals surface area contributed by atoms with E-state index < -0.39 is 0 Å². The Balaban J connectivity index is 0.895. The summed E-state index contributed by atoms with van der Waals surface area (Å²) in [6.07, 6.45) is 35.4. The van der Waals surface area contributed by atoms with Gasteiger partial charge >= 0.3 is 0 Å². The van der Waals surface area contributed by atoms with E-state index in [1.807, 2.05) is 0 Å². The minimum atomic E-state index is 1.09. The summed E-state index contributed by atoms with van der Waals surface area (Å²) in [5.74, 6) is 0. The SMILES string of the molecule is C(=C1CCCCC1)c1ccc(N(c2ccc(C=C3CCCCC3)cc2)c2ccc(N(c3ccc(-c4ccccc4)cc3)c3ccc(N(c4ccc(C=C5CCCCC5)cc4)c4ccc(C=C5CCCCC5)cc4)cc3)cc2)cc1. The van der Waals surface area contributed by atoms with E-state index in [1.54, 1.807) is 22.3 Å². The van der Waals surface area contributed by atoms with Crippen molar-refractivity contribution in [2.45, 2.75) is 128 Å². The zero-order chi connectivity index (χ0) is 53.0. The van der Waals surface area contributed by atoms with E-state index in [-0.39, 0.29) is 0 Å². The van der Waals surface area contributed by atoms with E-state index in [9.17, 15) is 0 Å². The van der Waals surface area contributed by atoms with Crippen molar-refractivity contribution >= 4 is 75.5 Å². The van der Waals surface area contributed by atoms with Crippen LogP contribution in [0.3, 0.4) is 0 Å². The molecule has 4 aliphatic carbocycles. The highest BCUT2D eigenvalue weighted by atomic mass is 15.2. The van der Waals surface area contributed by atoms with Crippen LogP contribution in [0.2, 0.25) is 0 Å². The van der Waals surface area contributed by atoms with Crippen molar-refractivity contribution < 1.29 is 0 Å². The summed E-state index contributed by atoms with van der Waals surface area (Å²) in [6.45, 7) is 0. The zero-order valence-electron chi connectivity index (χ0n) is 46.3. The molecule has 0 N–H and O–H groups in total. The van der Waals surface area contributed by atoms with Gasteiger partial charge in [0, 0.05) is 51.2 Å². The maximum Gasteiger partial charge on any atom is 0.0463 e. The number of hydrogen-bond acceptors (Lipinski definition) is 3. The van der Waals surface area contributed by atoms with Crippen LogP contribution in [0.15, 0.2) is 222 Å². The fourth-order valence-corrected chi connectivity index (χ4v) is 12.7. The van der Waals surface area contributed by atoms with E-state index in [4.69, 9.17) is 0 Å². The summed E-state index contributed by atoms with van der Waals surface area (Å²) in [4.78, 5) is 7.24. The summed E-state index contributed by atoms with van der Waals surface area (Å²) < 4.78 is 0. The van der Waals surface area contributed by atoms with Crippen LogP contribution >= 0.6 is 0 Å². The molecule has 4 fully saturated rings. The highest BCUT2D eigenvalue weighted by Gasteiger charge is 2.20. The second-order valence-corrected chi connectivity index (χ2v) is 22.8. The largest absolute Gasteiger partial charge is 0.311 e. The molecule has 0 aromatic heterocycles. The fraction of sp³-hybridized carbons (Fsp3) is 0.263. The lowest BCUT2D eigenvalue weighted by Gasteiger charge is -2.30. The van der Waals surface area contributed by atoms with Gasteiger partial charge in [0.05, 0.1) is 0 Å². The fourth-order valence-electron chi connectivity index (χ4n) is 12.7. The Kier molecular flexibility index (Phi) is 16.6. The smallest absolute Gasteiger partial charge is 0.0463 e. The standard InChI is InChI=1S/C76H77N3/c1-6-16-58(17-7-1)54-62-26-36-68(37-27-62)77(69-38-28-63(29-39-69)55-59-18-8-2-9-19-59)73-46-50-75(51-47-73)79(72-44-34-67(35-45-72)66-24-14-5-15-25-66)76-52-48-74(49-53-76)78(70-40-30-64(31-41-70)56-60-20-10-3-11-21-60)71-42-32-65(33-43-71)57-61-22-12-4-13-23-61/h5,14-15,24-57H,1-4,6-13,16-23H2. The van der Waals surface area contributed by atoms with Crippen molar-refractivity contribution in [3.8, 4) is 11.1 Å². The zero-order valence-corrected chi connectivity index (χ0v) is 46.3. The Morgan fingerprint density at radius 1 is 0.190 bits per heavy atom. The molecule has 8 aromatic rings. The summed E-state index contributed by atoms with van der Waals surface area (Å²) in [5, 5.41) is 0. The first kappa shape index (κ1) is 51.9. The van der Waals surface area contributed by atoms with Crippen LogP contribution in [0.1, 0.15) is 151 Å². The molecule has 0 radical (unpaired) electrons. The summed E-state index contributed by atoms with van der Waals surface area (Å²) in [6, 6.07) is 75.0. The predicted molar refractivity (Wildman–Crippen MR) is 340 cm³/mol. The van der Waals surface area contributed by atoms with Crippen molar-refractivity contribution in [3.05, 3.63) is 245 Å². The molecule has 79 heavy (non-hydrogen) atoms. The molecule has 8 aromatic carbocycles. The lowest BCUT2D eigenvalue weighted by atomic mass is 9.93. The van der Waals surface area contributed by atoms with E-state index in [0.29, 0.717) is 0 Å². The van der Waals surface area contributed by atoms with Crippen LogP contribution in [-0.4, -0.2) is 0 Å². The Hall–Kier alpha value is -7.88. The molecule has 396 valence electrons. The van der Waals surface area contributed by atoms with Crippen LogP contribution in [0.25, 0.3) is 35.4 Å². The van der Waals surface area contributed by atoms with Gasteiger partial charge in [-0.3, -0.25) is 0 Å². The van der Waals surface area contributed by atoms with Crippen LogP contribution in [0, 0.1) is 0 Å². The topological polar surface area (TPSA) is 9.72 Å². The highest BCUT2D eigenvalue weighted by molar-refractivity contribution is 5.85. The second kappa shape index (κ2) is 25.3. The molecule has 4 saturated carbocycles. The van der Waals surface area contributed by atoms with Crippen molar-refractivity contribution in [2.75, 3.05) is 14.7 Å². The van der Waals surface area contributed by atoms with Crippen LogP contribution in [0.5, 0.6) is 0 Å². The van der Waals surface area contributed by atoms with E-state index in [0.717, 1.165) is 51.2 Å². The van der Waals surface area contributed by atoms with Crippen LogP contribution in [-0.2, 0) is 0 Å². The maximum absolute atomic E-state index is 2.43. The quantitative estimate of drug-likeness (QED) is 0.107. The van der Waals surface area contributed by atoms with Gasteiger partial charge in [0.1, 0.15) is 0 Å². The summed E-state index contributed by atoms with van der Waals surface area (Å²) >= 11 is 0. The van der Waals surface area contributed by atoms with E-state index >= 15 is 0 Å². The normalized spacial score (nSPS) is 15.7. The molecule has 0 amide bonds. The average Bonchev–Trinajstić information content (AvgIpc) is 3.53. The number of allylic oxidation sites excluding steroid dienone is 4. The predicted octanol–water partition coefficient (Wildman–Crippen LogP) is 23.2. The lowest BCUT2D eigenvalue weighted by molar-refractivity contribution is 0.602. The lowest BCUT2D eigenvalue weighted by Crippen LogP contribution is -2.13.